The fourth-order valence-corrected chi connectivity index (χ4v) is 17.7. The Morgan fingerprint density at radius 3 is 1.00 bits per heavy atom. The molecule has 0 aromatic heterocycles. The average molecular weight is 2030 g/mol. The van der Waals surface area contributed by atoms with E-state index < -0.39 is 437 Å². The van der Waals surface area contributed by atoms with Gasteiger partial charge in [0.05, 0.1) is 108 Å². The summed E-state index contributed by atoms with van der Waals surface area (Å²) in [6, 6.07) is -10.5. The van der Waals surface area contributed by atoms with Gasteiger partial charge in [0.1, 0.15) is 195 Å². The zero-order valence-corrected chi connectivity index (χ0v) is 74.1. The van der Waals surface area contributed by atoms with Crippen LogP contribution in [0.1, 0.15) is 60.3 Å². The van der Waals surface area contributed by atoms with Gasteiger partial charge in [-0.1, -0.05) is 0 Å². The number of aliphatic carboxylic acids is 4. The Balaban J connectivity index is 1.10. The van der Waals surface area contributed by atoms with E-state index in [0.717, 1.165) is 34.6 Å². The Labute approximate surface area is 783 Å². The molecule has 0 saturated carbocycles. The van der Waals surface area contributed by atoms with Crippen LogP contribution in [-0.4, -0.2) is 575 Å². The third-order valence-corrected chi connectivity index (χ3v) is 24.7. The zero-order chi connectivity index (χ0) is 104. The number of hydrogen-bond acceptors (Lipinski definition) is 54. The van der Waals surface area contributed by atoms with Crippen molar-refractivity contribution >= 4 is 53.4 Å². The smallest absolute Gasteiger partial charge is 0.364 e. The zero-order valence-electron chi connectivity index (χ0n) is 74.1. The summed E-state index contributed by atoms with van der Waals surface area (Å²) in [5, 5.41) is 370. The maximum absolute atomic E-state index is 14.5. The number of hydrogen-bond donors (Lipinski definition) is 37. The van der Waals surface area contributed by atoms with Crippen molar-refractivity contribution in [3.8, 4) is 0 Å². The second-order valence-corrected chi connectivity index (χ2v) is 34.6. The van der Waals surface area contributed by atoms with Gasteiger partial charge in [-0.15, -0.1) is 0 Å². The van der Waals surface area contributed by atoms with E-state index in [4.69, 9.17) is 80.5 Å². The molecule has 9 saturated heterocycles. The average Bonchev–Trinajstić information content (AvgIpc) is 0.743. The number of carbonyl (C=O) groups excluding carboxylic acids is 5. The molecule has 9 aliphatic heterocycles. The second kappa shape index (κ2) is 48.6. The monoisotopic (exact) mass is 2030 g/mol. The van der Waals surface area contributed by atoms with Crippen LogP contribution in [-0.2, 0) is 124 Å². The normalized spacial score (nSPS) is 43.4. The molecule has 0 spiro atoms. The molecule has 9 heterocycles. The first-order valence-electron chi connectivity index (χ1n) is 43.2. The number of amides is 5. The number of aliphatic hydroxyl groups excluding tert-OH is 28. The molecular formula is C76H123N5O58. The molecule has 0 aromatic rings. The first kappa shape index (κ1) is 116. The van der Waals surface area contributed by atoms with Crippen LogP contribution in [0.25, 0.3) is 0 Å². The molecule has 0 bridgehead atoms. The fraction of sp³-hybridized carbons (Fsp3) is 0.882. The molecule has 9 rings (SSSR count). The van der Waals surface area contributed by atoms with Crippen LogP contribution in [0, 0.1) is 0 Å². The largest absolute Gasteiger partial charge is 0.477 e. The third-order valence-electron chi connectivity index (χ3n) is 24.7. The molecule has 49 atom stereocenters. The lowest BCUT2D eigenvalue weighted by Crippen LogP contribution is -2.73. The van der Waals surface area contributed by atoms with Gasteiger partial charge in [0, 0.05) is 60.3 Å². The minimum Gasteiger partial charge on any atom is -0.477 e. The summed E-state index contributed by atoms with van der Waals surface area (Å²) in [7, 11) is 0. The van der Waals surface area contributed by atoms with Gasteiger partial charge in [0.25, 0.3) is 23.1 Å². The van der Waals surface area contributed by atoms with Gasteiger partial charge in [-0.3, -0.25) is 24.0 Å². The topological polar surface area (TPSA) is 1020 Å². The van der Waals surface area contributed by atoms with Crippen molar-refractivity contribution in [3.05, 3.63) is 0 Å². The number of carboxylic acid groups (broad SMARTS) is 4. The van der Waals surface area contributed by atoms with E-state index in [9.17, 15) is 207 Å². The summed E-state index contributed by atoms with van der Waals surface area (Å²) < 4.78 is 99.2. The molecule has 800 valence electrons. The SMILES string of the molecule is CC(=O)N[C@H]1[C@H](O[C@@H]2[C@H](O[C@]3(C(=O)O)C[C@H](O)[C@@H](NC(C)=O)[C@H]([C@H](O)[C@@H](CO)O[C@]4(C(=O)O)C[C@H](O)[C@@H](NC(C)=O)[C@H]([C@H](O)[C@H](O)CO)O4)O3)[C@@H](O)[C@H](O[C@H]3[C@H](O)[C@@H](O)[C@H](OC[C@H]4O[C@@H](O)[C@H](O)[C@@H](O)[C@@H]4O)O[C@@H]3CO)O[C@@H]2CO)O[C@H](CO)[C@H](O)[C@@H]1O[C@@H]1O[C@H](CO)[C@H](O)[C@H](O[C@]2(C(=O)O)C[C@H](O)[C@@H](NC(C)=O)[C@H]([C@H](O)[C@@H](CO)O[C@]3(C(=O)O)C[C@H](O)[C@@H](NC(C)=O)[C@H]([C@H](O)[C@H](O)CO)O3)O2)[C@H]1O. The number of carbonyl (C=O) groups is 9. The quantitative estimate of drug-likeness (QED) is 0.0270. The molecule has 0 unspecified atom stereocenters. The van der Waals surface area contributed by atoms with Crippen LogP contribution in [0.3, 0.4) is 0 Å². The summed E-state index contributed by atoms with van der Waals surface area (Å²) >= 11 is 0. The predicted molar refractivity (Wildman–Crippen MR) is 424 cm³/mol. The van der Waals surface area contributed by atoms with Gasteiger partial charge in [0.2, 0.25) is 29.5 Å². The van der Waals surface area contributed by atoms with Gasteiger partial charge in [-0.2, -0.15) is 0 Å². The van der Waals surface area contributed by atoms with Crippen LogP contribution in [0.4, 0.5) is 0 Å². The van der Waals surface area contributed by atoms with Crippen LogP contribution in [0.5, 0.6) is 0 Å². The van der Waals surface area contributed by atoms with Crippen LogP contribution in [0.2, 0.25) is 0 Å². The maximum atomic E-state index is 14.5. The summed E-state index contributed by atoms with van der Waals surface area (Å²) in [6.45, 7) is -8.58. The highest BCUT2D eigenvalue weighted by Crippen LogP contribution is 2.46. The number of aliphatic hydroxyl groups is 28. The predicted octanol–water partition coefficient (Wildman–Crippen LogP) is -23.1. The number of ether oxygens (including phenoxy) is 17. The fourth-order valence-electron chi connectivity index (χ4n) is 17.7. The summed E-state index contributed by atoms with van der Waals surface area (Å²) in [4.78, 5) is 120. The highest BCUT2D eigenvalue weighted by atomic mass is 16.8. The Morgan fingerprint density at radius 1 is 0.309 bits per heavy atom. The van der Waals surface area contributed by atoms with Crippen molar-refractivity contribution in [2.24, 2.45) is 0 Å². The molecule has 0 aliphatic carbocycles. The first-order valence-corrected chi connectivity index (χ1v) is 43.2. The highest BCUT2D eigenvalue weighted by Gasteiger charge is 2.68. The lowest BCUT2D eigenvalue weighted by molar-refractivity contribution is -0.406. The Hall–Kier alpha value is -6.57. The Morgan fingerprint density at radius 2 is 0.626 bits per heavy atom. The second-order valence-electron chi connectivity index (χ2n) is 34.6. The van der Waals surface area contributed by atoms with E-state index >= 15 is 0 Å². The van der Waals surface area contributed by atoms with Gasteiger partial charge < -0.3 is 271 Å². The van der Waals surface area contributed by atoms with Crippen molar-refractivity contribution in [2.75, 3.05) is 59.5 Å². The molecule has 5 amide bonds. The minimum atomic E-state index is -3.89. The van der Waals surface area contributed by atoms with Crippen molar-refractivity contribution in [2.45, 2.75) is 359 Å². The van der Waals surface area contributed by atoms with Crippen molar-refractivity contribution in [1.82, 2.24) is 26.6 Å². The maximum Gasteiger partial charge on any atom is 0.364 e. The highest BCUT2D eigenvalue weighted by molar-refractivity contribution is 5.79. The Bertz CT molecular complexity index is 4070. The Kier molecular flexibility index (Phi) is 40.6. The lowest BCUT2D eigenvalue weighted by Gasteiger charge is -2.53. The third kappa shape index (κ3) is 25.4. The van der Waals surface area contributed by atoms with Gasteiger partial charge in [0.15, 0.2) is 31.5 Å². The molecular weight excluding hydrogens is 1910 g/mol. The molecule has 63 nitrogen and oxygen atoms in total. The van der Waals surface area contributed by atoms with E-state index in [1.54, 1.807) is 0 Å². The number of carboxylic acids is 4. The van der Waals surface area contributed by atoms with Crippen molar-refractivity contribution < 1.29 is 287 Å². The van der Waals surface area contributed by atoms with Crippen LogP contribution < -0.4 is 26.6 Å². The molecule has 37 N–H and O–H groups in total. The summed E-state index contributed by atoms with van der Waals surface area (Å²) in [5.41, 5.74) is 0. The van der Waals surface area contributed by atoms with E-state index in [2.05, 4.69) is 26.6 Å². The van der Waals surface area contributed by atoms with Gasteiger partial charge in [-0.05, 0) is 0 Å². The molecule has 9 fully saturated rings. The van der Waals surface area contributed by atoms with E-state index in [1.807, 2.05) is 0 Å². The van der Waals surface area contributed by atoms with Crippen molar-refractivity contribution in [3.63, 3.8) is 0 Å². The summed E-state index contributed by atoms with van der Waals surface area (Å²) in [5.74, 6) is -29.5. The molecule has 0 aromatic carbocycles. The molecule has 9 aliphatic rings. The van der Waals surface area contributed by atoms with E-state index in [1.165, 1.54) is 0 Å². The lowest BCUT2D eigenvalue weighted by atomic mass is 9.87. The molecule has 139 heavy (non-hydrogen) atoms. The minimum absolute atomic E-state index is 0.739. The van der Waals surface area contributed by atoms with Crippen LogP contribution in [0.15, 0.2) is 0 Å². The van der Waals surface area contributed by atoms with Gasteiger partial charge >= 0.3 is 23.9 Å². The molecule has 0 radical (unpaired) electrons. The van der Waals surface area contributed by atoms with Crippen LogP contribution >= 0.6 is 0 Å². The van der Waals surface area contributed by atoms with E-state index in [-0.39, 0.29) is 0 Å². The standard InChI is InChI=1S/C76H123N5O58/c1-19(90)77-37-24(95)6-73(69(115)116,134-58(37)42(101)28(99)10-82)132-32(14-86)47(106)60-39(79-21(3)92)26(97)8-75(136-60,71(119)120)138-62-46(105)31(13-85)126-67(53(62)112)131-57-41(81-23(5)94)65(125-30(12-84)45(57)104)130-56-35(17-89)128-68(129-55-34(16-88)127-66(52(111)50(55)109)123-18-36-44(103)49(108)51(110)64(114)124-36)54(113)63(56)139-76(72(121)122)9-27(98)40(80-22(4)93)61(137-76)48(107)33(15-87)133-74(70(117)118)7-25(96)38(78-20(2)91)59(135-74)43(102)29(100)11-83/h24-68,82-89,95-114H,6-18H2,1-5H3,(H,77,90)(H,78,91)(H,79,92)(H,80,93)(H,81,94)(H,115,116)(H,117,118)(H,119,120)(H,121,122)/t24-,25-,26-,27-,28+,29+,30+,31+,32+,33+,34+,35+,36+,37+,38+,39+,40+,41+,42+,43+,44+,45-,46-,47+,48+,49-,50+,51+,52+,53+,54+,55+,56-,57+,58+,59+,60+,61+,62-,63+,64+,65-,66+,67-,68-,73+,74+,75-,76-/m0/s1. The van der Waals surface area contributed by atoms with Gasteiger partial charge in [-0.25, -0.2) is 19.2 Å². The van der Waals surface area contributed by atoms with Crippen molar-refractivity contribution in [1.29, 1.82) is 0 Å². The molecule has 63 heteroatoms. The van der Waals surface area contributed by atoms with E-state index in [0.29, 0.717) is 0 Å². The summed E-state index contributed by atoms with van der Waals surface area (Å²) in [6.07, 6.45) is -104. The number of nitrogens with one attached hydrogen (secondary N) is 5. The number of rotatable bonds is 42. The first-order chi connectivity index (χ1) is 65.1.